The number of hydrogen-bond donors (Lipinski definition) is 0. The smallest absolute Gasteiger partial charge is 0.403 e. The Morgan fingerprint density at radius 1 is 1.21 bits per heavy atom. The van der Waals surface area contributed by atoms with Gasteiger partial charge in [0.2, 0.25) is 0 Å². The highest BCUT2D eigenvalue weighted by atomic mass is 79.9. The first-order chi connectivity index (χ1) is 16.0. The Labute approximate surface area is 220 Å². The number of benzene rings is 1. The zero-order valence-electron chi connectivity index (χ0n) is 20.6. The van der Waals surface area contributed by atoms with Crippen LogP contribution in [0.2, 0.25) is 11.3 Å². The molecule has 1 aromatic heterocycles. The first-order valence-corrected chi connectivity index (χ1v) is 14.3. The predicted octanol–water partition coefficient (Wildman–Crippen LogP) is 7.53. The van der Waals surface area contributed by atoms with Gasteiger partial charge in [-0.3, -0.25) is 0 Å². The largest absolute Gasteiger partial charge is 0.457 e. The third kappa shape index (κ3) is 5.24. The van der Waals surface area contributed by atoms with Crippen LogP contribution in [-0.4, -0.2) is 46.6 Å². The highest BCUT2D eigenvalue weighted by molar-refractivity contribution is 9.10. The van der Waals surface area contributed by atoms with Crippen molar-refractivity contribution in [3.05, 3.63) is 21.4 Å². The van der Waals surface area contributed by atoms with Crippen LogP contribution in [0.15, 0.2) is 15.7 Å². The molecular formula is C24H33BBrClFN3O2S. The van der Waals surface area contributed by atoms with Crippen LogP contribution in [0.5, 0.6) is 0 Å². The number of rotatable bonds is 6. The predicted molar refractivity (Wildman–Crippen MR) is 144 cm³/mol. The zero-order valence-corrected chi connectivity index (χ0v) is 23.7. The van der Waals surface area contributed by atoms with E-state index in [1.807, 2.05) is 6.92 Å². The summed E-state index contributed by atoms with van der Waals surface area (Å²) in [6.45, 7) is 11.3. The van der Waals surface area contributed by atoms with E-state index in [0.29, 0.717) is 15.0 Å². The second kappa shape index (κ2) is 10.4. The molecule has 1 atom stereocenters. The Morgan fingerprint density at radius 2 is 1.91 bits per heavy atom. The first kappa shape index (κ1) is 26.5. The summed E-state index contributed by atoms with van der Waals surface area (Å²) in [5, 5.41) is 1.32. The molecule has 0 bridgehead atoms. The number of halogens is 3. The summed E-state index contributed by atoms with van der Waals surface area (Å²) in [5.74, 6) is 1.09. The Bertz CT molecular complexity index is 1040. The average molecular weight is 573 g/mol. The van der Waals surface area contributed by atoms with Crippen molar-refractivity contribution in [1.82, 2.24) is 9.97 Å². The molecule has 0 N–H and O–H groups in total. The van der Waals surface area contributed by atoms with Gasteiger partial charge in [-0.15, -0.1) is 0 Å². The van der Waals surface area contributed by atoms with E-state index in [0.717, 1.165) is 50.1 Å². The van der Waals surface area contributed by atoms with Crippen molar-refractivity contribution < 1.29 is 13.7 Å². The molecule has 0 amide bonds. The summed E-state index contributed by atoms with van der Waals surface area (Å²) in [6, 6.07) is 1.86. The van der Waals surface area contributed by atoms with Gasteiger partial charge in [0, 0.05) is 17.1 Å². The molecule has 2 aliphatic heterocycles. The molecule has 2 aromatic rings. The fourth-order valence-electron chi connectivity index (χ4n) is 4.74. The molecule has 0 spiro atoms. The molecule has 34 heavy (non-hydrogen) atoms. The van der Waals surface area contributed by atoms with Gasteiger partial charge in [-0.1, -0.05) is 43.1 Å². The minimum atomic E-state index is -0.495. The SMILES string of the molecule is CCSc1nc(N2CCCCC[C@H]2CCB2OC(C)(C)C(C)(C)O2)c2c(Br)cc(Cl)c(F)c2n1. The van der Waals surface area contributed by atoms with Gasteiger partial charge >= 0.3 is 7.12 Å². The summed E-state index contributed by atoms with van der Waals surface area (Å²) in [4.78, 5) is 11.8. The highest BCUT2D eigenvalue weighted by Gasteiger charge is 2.50. The molecule has 0 radical (unpaired) electrons. The van der Waals surface area contributed by atoms with Gasteiger partial charge < -0.3 is 14.2 Å². The molecule has 186 valence electrons. The van der Waals surface area contributed by atoms with Crippen LogP contribution in [0.3, 0.4) is 0 Å². The van der Waals surface area contributed by atoms with E-state index in [2.05, 4.69) is 53.5 Å². The second-order valence-electron chi connectivity index (χ2n) is 10.1. The van der Waals surface area contributed by atoms with Gasteiger partial charge in [0.1, 0.15) is 11.3 Å². The third-order valence-electron chi connectivity index (χ3n) is 7.24. The zero-order chi connectivity index (χ0) is 24.7. The van der Waals surface area contributed by atoms with E-state index in [1.54, 1.807) is 6.07 Å². The molecule has 0 aliphatic carbocycles. The maximum atomic E-state index is 15.1. The van der Waals surface area contributed by atoms with Crippen molar-refractivity contribution in [1.29, 1.82) is 0 Å². The van der Waals surface area contributed by atoms with E-state index >= 15 is 4.39 Å². The van der Waals surface area contributed by atoms with Gasteiger partial charge in [0.05, 0.1) is 21.6 Å². The summed E-state index contributed by atoms with van der Waals surface area (Å²) in [5.41, 5.74) is -0.399. The molecule has 3 heterocycles. The van der Waals surface area contributed by atoms with Crippen LogP contribution < -0.4 is 4.90 Å². The van der Waals surface area contributed by atoms with Crippen LogP contribution in [0.1, 0.15) is 66.7 Å². The van der Waals surface area contributed by atoms with Gasteiger partial charge in [0.15, 0.2) is 11.0 Å². The maximum Gasteiger partial charge on any atom is 0.457 e. The summed E-state index contributed by atoms with van der Waals surface area (Å²) in [6.07, 6.45) is 6.16. The number of nitrogens with zero attached hydrogens (tertiary/aromatic N) is 3. The molecule has 4 rings (SSSR count). The van der Waals surface area contributed by atoms with Gasteiger partial charge in [-0.05, 0) is 81.0 Å². The lowest BCUT2D eigenvalue weighted by molar-refractivity contribution is 0.00578. The van der Waals surface area contributed by atoms with Gasteiger partial charge in [-0.25, -0.2) is 14.4 Å². The van der Waals surface area contributed by atoms with E-state index < -0.39 is 5.82 Å². The number of hydrogen-bond acceptors (Lipinski definition) is 6. The summed E-state index contributed by atoms with van der Waals surface area (Å²) in [7, 11) is -0.230. The van der Waals surface area contributed by atoms with Gasteiger partial charge in [0.25, 0.3) is 0 Å². The lowest BCUT2D eigenvalue weighted by Crippen LogP contribution is -2.41. The van der Waals surface area contributed by atoms with E-state index in [4.69, 9.17) is 25.9 Å². The second-order valence-corrected chi connectivity index (χ2v) is 12.6. The van der Waals surface area contributed by atoms with Crippen LogP contribution in [0.4, 0.5) is 10.2 Å². The fraction of sp³-hybridized carbons (Fsp3) is 0.667. The molecular weight excluding hydrogens is 540 g/mol. The lowest BCUT2D eigenvalue weighted by atomic mass is 9.80. The van der Waals surface area contributed by atoms with Crippen molar-refractivity contribution in [2.24, 2.45) is 0 Å². The first-order valence-electron chi connectivity index (χ1n) is 12.1. The van der Waals surface area contributed by atoms with E-state index in [9.17, 15) is 0 Å². The van der Waals surface area contributed by atoms with Crippen molar-refractivity contribution in [2.75, 3.05) is 17.2 Å². The fourth-order valence-corrected chi connectivity index (χ4v) is 6.23. The van der Waals surface area contributed by atoms with Gasteiger partial charge in [-0.2, -0.15) is 0 Å². The maximum absolute atomic E-state index is 15.1. The quantitative estimate of drug-likeness (QED) is 0.154. The molecule has 0 saturated carbocycles. The molecule has 0 unspecified atom stereocenters. The average Bonchev–Trinajstić information content (AvgIpc) is 2.90. The van der Waals surface area contributed by atoms with E-state index in [1.165, 1.54) is 18.2 Å². The van der Waals surface area contributed by atoms with Crippen molar-refractivity contribution in [3.8, 4) is 0 Å². The summed E-state index contributed by atoms with van der Waals surface area (Å²) >= 11 is 11.3. The van der Waals surface area contributed by atoms with Crippen LogP contribution in [0.25, 0.3) is 10.9 Å². The molecule has 2 saturated heterocycles. The Kier molecular flexibility index (Phi) is 8.10. The topological polar surface area (TPSA) is 47.5 Å². The molecule has 2 fully saturated rings. The Morgan fingerprint density at radius 3 is 2.59 bits per heavy atom. The number of fused-ring (bicyclic) bond motifs is 1. The molecule has 10 heteroatoms. The molecule has 1 aromatic carbocycles. The van der Waals surface area contributed by atoms with Crippen LogP contribution in [-0.2, 0) is 9.31 Å². The number of anilines is 1. The Hall–Kier alpha value is -0.605. The van der Waals surface area contributed by atoms with E-state index in [-0.39, 0.29) is 34.9 Å². The van der Waals surface area contributed by atoms with Crippen molar-refractivity contribution >= 4 is 63.1 Å². The third-order valence-corrected chi connectivity index (χ3v) is 8.87. The minimum absolute atomic E-state index is 0.0599. The van der Waals surface area contributed by atoms with Crippen molar-refractivity contribution in [2.45, 2.75) is 95.4 Å². The monoisotopic (exact) mass is 571 g/mol. The van der Waals surface area contributed by atoms with Crippen LogP contribution >= 0.6 is 39.3 Å². The molecule has 2 aliphatic rings. The number of aromatic nitrogens is 2. The van der Waals surface area contributed by atoms with Crippen molar-refractivity contribution in [3.63, 3.8) is 0 Å². The summed E-state index contributed by atoms with van der Waals surface area (Å²) < 4.78 is 28.3. The highest BCUT2D eigenvalue weighted by Crippen LogP contribution is 2.41. The lowest BCUT2D eigenvalue weighted by Gasteiger charge is -2.32. The normalized spacial score (nSPS) is 22.4. The minimum Gasteiger partial charge on any atom is -0.403 e. The number of thioether (sulfide) groups is 1. The standard InChI is InChI=1S/C24H33BBrClFN3O2S/c1-6-34-22-29-20-18(16(26)14-17(27)19(20)28)21(30-22)31-13-9-7-8-10-15(31)11-12-25-32-23(2,3)24(4,5)33-25/h14-15H,6-13H2,1-5H3/t15-/m0/s1. The molecule has 5 nitrogen and oxygen atoms in total. The Balaban J connectivity index is 1.69. The van der Waals surface area contributed by atoms with Crippen LogP contribution in [0, 0.1) is 5.82 Å².